The monoisotopic (exact) mass is 284 g/mol. The number of fused-ring (bicyclic) bond motifs is 1. The van der Waals surface area contributed by atoms with Gasteiger partial charge in [-0.25, -0.2) is 4.98 Å². The third-order valence-corrected chi connectivity index (χ3v) is 4.29. The number of nitrogens with one attached hydrogen (secondary N) is 1. The van der Waals surface area contributed by atoms with E-state index in [2.05, 4.69) is 10.3 Å². The van der Waals surface area contributed by atoms with Crippen molar-refractivity contribution in [3.8, 4) is 22.1 Å². The minimum Gasteiger partial charge on any atom is -0.505 e. The molecule has 3 N–H and O–H groups in total. The van der Waals surface area contributed by atoms with Gasteiger partial charge in [-0.15, -0.1) is 11.3 Å². The van der Waals surface area contributed by atoms with Crippen LogP contribution in [0.3, 0.4) is 0 Å². The lowest BCUT2D eigenvalue weighted by Gasteiger charge is -2.04. The number of nitrogens with zero attached hydrogens (tertiary/aromatic N) is 1. The highest BCUT2D eigenvalue weighted by Gasteiger charge is 2.15. The van der Waals surface area contributed by atoms with Crippen LogP contribution in [0.4, 0.5) is 5.69 Å². The second-order valence-electron chi connectivity index (χ2n) is 4.55. The van der Waals surface area contributed by atoms with Gasteiger partial charge in [-0.3, -0.25) is 0 Å². The molecule has 0 radical (unpaired) electrons. The summed E-state index contributed by atoms with van der Waals surface area (Å²) in [4.78, 5) is 4.46. The maximum atomic E-state index is 10.0. The van der Waals surface area contributed by atoms with Gasteiger partial charge in [0.15, 0.2) is 11.5 Å². The van der Waals surface area contributed by atoms with E-state index in [1.54, 1.807) is 7.85 Å². The van der Waals surface area contributed by atoms with Crippen LogP contribution in [-0.2, 0) is 0 Å². The topological polar surface area (TPSA) is 65.4 Å². The molecule has 0 aliphatic heterocycles. The molecule has 3 rings (SSSR count). The summed E-state index contributed by atoms with van der Waals surface area (Å²) in [6.07, 6.45) is 0. The number of phenolic OH excluding ortho intramolecular Hbond substituents is 2. The van der Waals surface area contributed by atoms with E-state index in [0.29, 0.717) is 11.0 Å². The highest BCUT2D eigenvalue weighted by atomic mass is 32.1. The normalized spacial score (nSPS) is 10.8. The van der Waals surface area contributed by atoms with E-state index in [1.807, 2.05) is 37.4 Å². The van der Waals surface area contributed by atoms with E-state index in [1.165, 1.54) is 11.3 Å². The smallest absolute Gasteiger partial charge is 0.184 e. The molecule has 100 valence electrons. The van der Waals surface area contributed by atoms with Crippen LogP contribution in [0.2, 0.25) is 0 Å². The van der Waals surface area contributed by atoms with Crippen LogP contribution in [0.5, 0.6) is 11.5 Å². The fourth-order valence-electron chi connectivity index (χ4n) is 2.17. The van der Waals surface area contributed by atoms with Crippen molar-refractivity contribution in [2.24, 2.45) is 0 Å². The SMILES string of the molecule is Bc1cc2sc(-c3ccccc3NC)nc2c(O)c1O. The van der Waals surface area contributed by atoms with Crippen molar-refractivity contribution >= 4 is 40.5 Å². The van der Waals surface area contributed by atoms with Crippen molar-refractivity contribution in [3.63, 3.8) is 0 Å². The van der Waals surface area contributed by atoms with Gasteiger partial charge in [0.2, 0.25) is 0 Å². The quantitative estimate of drug-likeness (QED) is 0.495. The Morgan fingerprint density at radius 3 is 2.70 bits per heavy atom. The Morgan fingerprint density at radius 1 is 1.20 bits per heavy atom. The molecule has 0 bridgehead atoms. The zero-order valence-corrected chi connectivity index (χ0v) is 12.0. The molecule has 0 saturated carbocycles. The molecule has 0 saturated heterocycles. The molecular weight excluding hydrogens is 271 g/mol. The number of para-hydroxylation sites is 1. The average Bonchev–Trinajstić information content (AvgIpc) is 2.88. The Kier molecular flexibility index (Phi) is 3.02. The zero-order chi connectivity index (χ0) is 14.3. The lowest BCUT2D eigenvalue weighted by Crippen LogP contribution is -2.01. The molecular formula is C14H13BN2O2S. The molecule has 1 aromatic heterocycles. The summed E-state index contributed by atoms with van der Waals surface area (Å²) in [5.41, 5.74) is 3.05. The number of rotatable bonds is 2. The van der Waals surface area contributed by atoms with Crippen LogP contribution in [0, 0.1) is 0 Å². The number of aromatic nitrogens is 1. The van der Waals surface area contributed by atoms with Crippen LogP contribution in [0.1, 0.15) is 0 Å². The third-order valence-electron chi connectivity index (χ3n) is 3.25. The van der Waals surface area contributed by atoms with Crippen molar-refractivity contribution in [3.05, 3.63) is 30.3 Å². The second-order valence-corrected chi connectivity index (χ2v) is 5.58. The van der Waals surface area contributed by atoms with Crippen molar-refractivity contribution in [1.82, 2.24) is 4.98 Å². The number of anilines is 1. The summed E-state index contributed by atoms with van der Waals surface area (Å²) in [6, 6.07) is 9.70. The summed E-state index contributed by atoms with van der Waals surface area (Å²) in [6.45, 7) is 0. The molecule has 0 aliphatic carbocycles. The number of hydrogen-bond acceptors (Lipinski definition) is 5. The van der Waals surface area contributed by atoms with Crippen LogP contribution < -0.4 is 10.8 Å². The van der Waals surface area contributed by atoms with Gasteiger partial charge in [0.1, 0.15) is 18.4 Å². The predicted molar refractivity (Wildman–Crippen MR) is 86.1 cm³/mol. The van der Waals surface area contributed by atoms with Crippen LogP contribution >= 0.6 is 11.3 Å². The van der Waals surface area contributed by atoms with Crippen LogP contribution in [0.25, 0.3) is 20.8 Å². The van der Waals surface area contributed by atoms with Gasteiger partial charge >= 0.3 is 0 Å². The van der Waals surface area contributed by atoms with E-state index in [9.17, 15) is 10.2 Å². The summed E-state index contributed by atoms with van der Waals surface area (Å²) >= 11 is 1.49. The number of phenols is 2. The first kappa shape index (κ1) is 12.8. The largest absolute Gasteiger partial charge is 0.505 e. The summed E-state index contributed by atoms with van der Waals surface area (Å²) in [5, 5.41) is 23.7. The molecule has 0 amide bonds. The van der Waals surface area contributed by atoms with E-state index >= 15 is 0 Å². The molecule has 6 heteroatoms. The molecule has 4 nitrogen and oxygen atoms in total. The number of thiazole rings is 1. The summed E-state index contributed by atoms with van der Waals surface area (Å²) in [7, 11) is 3.62. The molecule has 20 heavy (non-hydrogen) atoms. The third kappa shape index (κ3) is 1.89. The highest BCUT2D eigenvalue weighted by molar-refractivity contribution is 7.21. The average molecular weight is 284 g/mol. The molecule has 2 aromatic carbocycles. The number of benzene rings is 2. The van der Waals surface area contributed by atoms with E-state index in [0.717, 1.165) is 21.0 Å². The Balaban J connectivity index is 2.26. The second kappa shape index (κ2) is 4.72. The van der Waals surface area contributed by atoms with Crippen molar-refractivity contribution in [2.75, 3.05) is 12.4 Å². The molecule has 0 aliphatic rings. The first-order valence-corrected chi connectivity index (χ1v) is 7.02. The van der Waals surface area contributed by atoms with E-state index in [-0.39, 0.29) is 11.5 Å². The highest BCUT2D eigenvalue weighted by Crippen LogP contribution is 2.39. The van der Waals surface area contributed by atoms with Gasteiger partial charge in [0.25, 0.3) is 0 Å². The first-order valence-electron chi connectivity index (χ1n) is 6.21. The first-order chi connectivity index (χ1) is 9.61. The fraction of sp³-hybridized carbons (Fsp3) is 0.0714. The van der Waals surface area contributed by atoms with Gasteiger partial charge in [-0.1, -0.05) is 12.1 Å². The van der Waals surface area contributed by atoms with Gasteiger partial charge in [-0.2, -0.15) is 0 Å². The Labute approximate surface area is 121 Å². The van der Waals surface area contributed by atoms with Crippen molar-refractivity contribution < 1.29 is 10.2 Å². The maximum absolute atomic E-state index is 10.0. The Bertz CT molecular complexity index is 801. The molecule has 3 aromatic rings. The van der Waals surface area contributed by atoms with E-state index < -0.39 is 0 Å². The van der Waals surface area contributed by atoms with Crippen LogP contribution in [-0.4, -0.2) is 30.1 Å². The standard InChI is InChI=1S/C14H13BN2O2S/c1-16-9-5-3-2-4-7(9)14-17-11-10(20-14)6-8(15)12(18)13(11)19/h2-6,16,18-19H,15H2,1H3. The van der Waals surface area contributed by atoms with Gasteiger partial charge in [0.05, 0.1) is 4.70 Å². The lowest BCUT2D eigenvalue weighted by molar-refractivity contribution is 0.410. The zero-order valence-electron chi connectivity index (χ0n) is 11.1. The molecule has 0 spiro atoms. The summed E-state index contributed by atoms with van der Waals surface area (Å²) < 4.78 is 0.860. The van der Waals surface area contributed by atoms with Gasteiger partial charge < -0.3 is 15.5 Å². The van der Waals surface area contributed by atoms with Gasteiger partial charge in [0, 0.05) is 18.3 Å². The molecule has 0 atom stereocenters. The number of hydrogen-bond donors (Lipinski definition) is 3. The summed E-state index contributed by atoms with van der Waals surface area (Å²) in [5.74, 6) is -0.249. The predicted octanol–water partition coefficient (Wildman–Crippen LogP) is 1.67. The van der Waals surface area contributed by atoms with Crippen molar-refractivity contribution in [1.29, 1.82) is 0 Å². The van der Waals surface area contributed by atoms with E-state index in [4.69, 9.17) is 0 Å². The van der Waals surface area contributed by atoms with Crippen molar-refractivity contribution in [2.45, 2.75) is 0 Å². The van der Waals surface area contributed by atoms with Crippen LogP contribution in [0.15, 0.2) is 30.3 Å². The Morgan fingerprint density at radius 2 is 1.95 bits per heavy atom. The molecule has 1 heterocycles. The molecule has 0 fully saturated rings. The minimum absolute atomic E-state index is 0.101. The fourth-order valence-corrected chi connectivity index (χ4v) is 3.27. The Hall–Kier alpha value is -2.21. The minimum atomic E-state index is -0.149. The number of aromatic hydroxyl groups is 2. The lowest BCUT2D eigenvalue weighted by atomic mass is 9.94. The van der Waals surface area contributed by atoms with Gasteiger partial charge in [-0.05, 0) is 23.7 Å². The maximum Gasteiger partial charge on any atom is 0.184 e. The molecule has 0 unspecified atom stereocenters.